The first kappa shape index (κ1) is 24.3. The molecule has 1 aliphatic heterocycles. The molecule has 1 aliphatic carbocycles. The molecule has 3 heterocycles. The Kier molecular flexibility index (Phi) is 6.99. The normalized spacial score (nSPS) is 27.1. The van der Waals surface area contributed by atoms with E-state index in [-0.39, 0.29) is 17.7 Å². The van der Waals surface area contributed by atoms with Gasteiger partial charge in [0.2, 0.25) is 0 Å². The Balaban J connectivity index is 1.63. The maximum Gasteiger partial charge on any atom is 0.367 e. The van der Waals surface area contributed by atoms with Crippen molar-refractivity contribution in [1.82, 2.24) is 14.6 Å². The number of nitrogens with two attached hydrogens (primary N) is 1. The first-order valence-electron chi connectivity index (χ1n) is 11.1. The van der Waals surface area contributed by atoms with Gasteiger partial charge in [0.15, 0.2) is 18.0 Å². The van der Waals surface area contributed by atoms with Crippen LogP contribution >= 0.6 is 11.8 Å². The van der Waals surface area contributed by atoms with E-state index >= 15 is 0 Å². The summed E-state index contributed by atoms with van der Waals surface area (Å²) in [6.45, 7) is 4.03. The molecule has 2 aromatic rings. The largest absolute Gasteiger partial charge is 0.456 e. The topological polar surface area (TPSA) is 144 Å². The molecule has 0 unspecified atom stereocenters. The summed E-state index contributed by atoms with van der Waals surface area (Å²) in [5, 5.41) is 4.09. The monoisotopic (exact) mass is 492 g/mol. The van der Waals surface area contributed by atoms with E-state index in [1.165, 1.54) is 36.5 Å². The van der Waals surface area contributed by atoms with Crippen LogP contribution < -0.4 is 5.73 Å². The summed E-state index contributed by atoms with van der Waals surface area (Å²) in [6, 6.07) is 3.45. The third-order valence-corrected chi connectivity index (χ3v) is 7.23. The maximum absolute atomic E-state index is 12.4. The lowest BCUT2D eigenvalue weighted by Gasteiger charge is -2.30. The van der Waals surface area contributed by atoms with Crippen LogP contribution in [-0.2, 0) is 34.1 Å². The average molecular weight is 493 g/mol. The number of carbonyl (C=O) groups is 3. The van der Waals surface area contributed by atoms with Gasteiger partial charge in [-0.25, -0.2) is 14.3 Å². The lowest BCUT2D eigenvalue weighted by atomic mass is 9.92. The molecule has 184 valence electrons. The van der Waals surface area contributed by atoms with Gasteiger partial charge in [0.05, 0.1) is 5.69 Å². The second kappa shape index (κ2) is 9.79. The van der Waals surface area contributed by atoms with Gasteiger partial charge in [-0.3, -0.25) is 9.59 Å². The molecule has 0 amide bonds. The van der Waals surface area contributed by atoms with Crippen LogP contribution in [-0.4, -0.2) is 62.0 Å². The molecule has 0 bridgehead atoms. The van der Waals surface area contributed by atoms with Gasteiger partial charge >= 0.3 is 17.2 Å². The summed E-state index contributed by atoms with van der Waals surface area (Å²) in [4.78, 5) is 40.3. The van der Waals surface area contributed by atoms with Gasteiger partial charge in [0.1, 0.15) is 30.2 Å². The fourth-order valence-electron chi connectivity index (χ4n) is 4.63. The molecule has 12 heteroatoms. The fourth-order valence-corrected chi connectivity index (χ4v) is 5.61. The Labute approximate surface area is 200 Å². The van der Waals surface area contributed by atoms with Crippen LogP contribution in [0.2, 0.25) is 0 Å². The Bertz CT molecular complexity index is 1090. The molecule has 2 N–H and O–H groups in total. The highest BCUT2D eigenvalue weighted by Crippen LogP contribution is 2.44. The Morgan fingerprint density at radius 1 is 1.21 bits per heavy atom. The molecule has 0 aromatic carbocycles. The number of nitrogen functional groups attached to an aromatic ring is 1. The smallest absolute Gasteiger partial charge is 0.367 e. The molecule has 34 heavy (non-hydrogen) atoms. The summed E-state index contributed by atoms with van der Waals surface area (Å²) in [6.07, 6.45) is 2.54. The number of thioether (sulfide) groups is 1. The molecule has 1 saturated carbocycles. The molecule has 0 spiro atoms. The minimum Gasteiger partial charge on any atom is -0.456 e. The third-order valence-electron chi connectivity index (χ3n) is 6.12. The SMILES string of the molecule is CC(=O)O[C@H]1[C@@H](OC(C)=O)[C@](C)(c2ccc3c(N)ncnn23)O[C@@H]1COC(=O)SC1CCCC1. The zero-order valence-electron chi connectivity index (χ0n) is 19.3. The highest BCUT2D eigenvalue weighted by atomic mass is 32.2. The van der Waals surface area contributed by atoms with E-state index < -0.39 is 41.2 Å². The number of hydrogen-bond acceptors (Lipinski definition) is 11. The first-order chi connectivity index (χ1) is 16.2. The van der Waals surface area contributed by atoms with E-state index in [1.54, 1.807) is 19.1 Å². The molecule has 11 nitrogen and oxygen atoms in total. The predicted molar refractivity (Wildman–Crippen MR) is 122 cm³/mol. The van der Waals surface area contributed by atoms with E-state index in [9.17, 15) is 14.4 Å². The predicted octanol–water partition coefficient (Wildman–Crippen LogP) is 2.60. The van der Waals surface area contributed by atoms with E-state index in [0.717, 1.165) is 25.7 Å². The lowest BCUT2D eigenvalue weighted by Crippen LogP contribution is -2.45. The standard InChI is InChI=1S/C22H28N4O7S/c1-12(27)31-18-16(10-30-21(29)34-14-6-4-5-7-14)33-22(3,19(18)32-13(2)28)17-9-8-15-20(23)24-11-25-26(15)17/h8-9,11,14,16,18-19H,4-7,10H2,1-3H3,(H2,23,24,25)/t16-,18-,19-,22+/m1/s1. The summed E-state index contributed by atoms with van der Waals surface area (Å²) >= 11 is 1.17. The van der Waals surface area contributed by atoms with E-state index in [0.29, 0.717) is 11.2 Å². The van der Waals surface area contributed by atoms with Crippen LogP contribution in [0.3, 0.4) is 0 Å². The quantitative estimate of drug-likeness (QED) is 0.469. The van der Waals surface area contributed by atoms with Crippen LogP contribution in [0, 0.1) is 0 Å². The van der Waals surface area contributed by atoms with Crippen LogP contribution in [0.25, 0.3) is 5.52 Å². The maximum atomic E-state index is 12.4. The molecule has 4 rings (SSSR count). The van der Waals surface area contributed by atoms with Crippen LogP contribution in [0.4, 0.5) is 10.6 Å². The number of ether oxygens (including phenoxy) is 4. The first-order valence-corrected chi connectivity index (χ1v) is 12.0. The van der Waals surface area contributed by atoms with Crippen LogP contribution in [0.15, 0.2) is 18.5 Å². The molecule has 0 radical (unpaired) electrons. The number of carbonyl (C=O) groups excluding carboxylic acids is 3. The van der Waals surface area contributed by atoms with Crippen LogP contribution in [0.5, 0.6) is 0 Å². The molecule has 1 saturated heterocycles. The van der Waals surface area contributed by atoms with Gasteiger partial charge in [0.25, 0.3) is 0 Å². The average Bonchev–Trinajstić information content (AvgIpc) is 3.48. The molecule has 4 atom stereocenters. The highest BCUT2D eigenvalue weighted by Gasteiger charge is 2.59. The van der Waals surface area contributed by atoms with Crippen molar-refractivity contribution in [2.45, 2.75) is 75.6 Å². The molecular formula is C22H28N4O7S. The van der Waals surface area contributed by atoms with Gasteiger partial charge in [-0.05, 0) is 43.7 Å². The van der Waals surface area contributed by atoms with Crippen molar-refractivity contribution < 1.29 is 33.3 Å². The van der Waals surface area contributed by atoms with E-state index in [2.05, 4.69) is 10.1 Å². The second-order valence-corrected chi connectivity index (χ2v) is 9.85. The molecule has 2 fully saturated rings. The summed E-state index contributed by atoms with van der Waals surface area (Å²) < 4.78 is 24.5. The number of esters is 2. The molecule has 2 aliphatic rings. The highest BCUT2D eigenvalue weighted by molar-refractivity contribution is 8.13. The minimum atomic E-state index is -1.30. The van der Waals surface area contributed by atoms with Crippen molar-refractivity contribution in [3.63, 3.8) is 0 Å². The minimum absolute atomic E-state index is 0.176. The Hall–Kier alpha value is -2.86. The number of fused-ring (bicyclic) bond motifs is 1. The zero-order valence-corrected chi connectivity index (χ0v) is 20.1. The van der Waals surface area contributed by atoms with Gasteiger partial charge in [-0.2, -0.15) is 5.10 Å². The van der Waals surface area contributed by atoms with Gasteiger partial charge < -0.3 is 24.7 Å². The number of hydrogen-bond donors (Lipinski definition) is 1. The van der Waals surface area contributed by atoms with Crippen molar-refractivity contribution in [3.05, 3.63) is 24.2 Å². The second-order valence-electron chi connectivity index (χ2n) is 8.61. The summed E-state index contributed by atoms with van der Waals surface area (Å²) in [7, 11) is 0. The number of anilines is 1. The molecule has 2 aromatic heterocycles. The van der Waals surface area contributed by atoms with Crippen molar-refractivity contribution in [2.24, 2.45) is 0 Å². The van der Waals surface area contributed by atoms with Gasteiger partial charge in [-0.1, -0.05) is 12.8 Å². The summed E-state index contributed by atoms with van der Waals surface area (Å²) in [5.41, 5.74) is 5.72. The van der Waals surface area contributed by atoms with Gasteiger partial charge in [0, 0.05) is 19.1 Å². The Morgan fingerprint density at radius 2 is 1.91 bits per heavy atom. The van der Waals surface area contributed by atoms with Gasteiger partial charge in [-0.15, -0.1) is 0 Å². The summed E-state index contributed by atoms with van der Waals surface area (Å²) in [5.74, 6) is -0.905. The fraction of sp³-hybridized carbons (Fsp3) is 0.591. The van der Waals surface area contributed by atoms with Crippen molar-refractivity contribution in [2.75, 3.05) is 12.3 Å². The van der Waals surface area contributed by atoms with Crippen molar-refractivity contribution in [3.8, 4) is 0 Å². The van der Waals surface area contributed by atoms with E-state index in [1.807, 2.05) is 0 Å². The van der Waals surface area contributed by atoms with Crippen molar-refractivity contribution >= 4 is 40.3 Å². The zero-order chi connectivity index (χ0) is 24.5. The Morgan fingerprint density at radius 3 is 2.59 bits per heavy atom. The van der Waals surface area contributed by atoms with E-state index in [4.69, 9.17) is 24.7 Å². The number of nitrogens with zero attached hydrogens (tertiary/aromatic N) is 3. The lowest BCUT2D eigenvalue weighted by molar-refractivity contribution is -0.168. The third kappa shape index (κ3) is 4.83. The van der Waals surface area contributed by atoms with Crippen molar-refractivity contribution in [1.29, 1.82) is 0 Å². The number of rotatable bonds is 6. The molecular weight excluding hydrogens is 464 g/mol. The van der Waals surface area contributed by atoms with Crippen LogP contribution in [0.1, 0.15) is 52.1 Å². The number of aromatic nitrogens is 3.